The molecule has 2 atom stereocenters. The number of para-hydroxylation sites is 1. The number of esters is 1. The lowest BCUT2D eigenvalue weighted by Crippen LogP contribution is -2.32. The quantitative estimate of drug-likeness (QED) is 0.530. The molecule has 2 unspecified atom stereocenters. The number of carbonyl (C=O) groups excluding carboxylic acids is 1. The number of ether oxygens (including phenoxy) is 2. The van der Waals surface area contributed by atoms with Crippen molar-refractivity contribution in [2.45, 2.75) is 12.8 Å². The highest BCUT2D eigenvalue weighted by atomic mass is 79.9. The number of rotatable bonds is 4. The first-order chi connectivity index (χ1) is 15.0. The lowest BCUT2D eigenvalue weighted by atomic mass is 9.79. The molecule has 0 fully saturated rings. The minimum atomic E-state index is -0.923. The summed E-state index contributed by atoms with van der Waals surface area (Å²) in [6, 6.07) is 18.8. The van der Waals surface area contributed by atoms with Crippen LogP contribution in [0.5, 0.6) is 5.88 Å². The molecule has 1 aliphatic rings. The second kappa shape index (κ2) is 8.28. The Labute approximate surface area is 187 Å². The number of carbonyl (C=O) groups is 1. The van der Waals surface area contributed by atoms with Gasteiger partial charge in [0.2, 0.25) is 11.8 Å². The zero-order valence-corrected chi connectivity index (χ0v) is 18.2. The molecule has 0 bridgehead atoms. The Morgan fingerprint density at radius 2 is 1.94 bits per heavy atom. The number of halogens is 1. The van der Waals surface area contributed by atoms with Gasteiger partial charge in [0.25, 0.3) is 0 Å². The number of nitriles is 1. The Balaban J connectivity index is 2.05. The van der Waals surface area contributed by atoms with Crippen LogP contribution in [0.1, 0.15) is 34.3 Å². The summed E-state index contributed by atoms with van der Waals surface area (Å²) < 4.78 is 13.6. The molecule has 4 rings (SSSR count). The highest BCUT2D eigenvalue weighted by Gasteiger charge is 2.44. The van der Waals surface area contributed by atoms with Crippen LogP contribution in [0.25, 0.3) is 5.69 Å². The summed E-state index contributed by atoms with van der Waals surface area (Å²) in [6.45, 7) is 1.88. The number of nitrogens with two attached hydrogens (primary N) is 1. The third-order valence-electron chi connectivity index (χ3n) is 5.20. The van der Waals surface area contributed by atoms with Crippen LogP contribution in [0.4, 0.5) is 5.82 Å². The Kier molecular flexibility index (Phi) is 5.53. The van der Waals surface area contributed by atoms with Crippen LogP contribution < -0.4 is 10.5 Å². The number of anilines is 1. The van der Waals surface area contributed by atoms with Crippen LogP contribution in [0.3, 0.4) is 0 Å². The molecule has 156 valence electrons. The van der Waals surface area contributed by atoms with Crippen molar-refractivity contribution in [2.75, 3.05) is 12.3 Å². The van der Waals surface area contributed by atoms with Crippen LogP contribution in [-0.4, -0.2) is 23.0 Å². The van der Waals surface area contributed by atoms with Gasteiger partial charge in [-0.2, -0.15) is 5.26 Å². The van der Waals surface area contributed by atoms with Crippen LogP contribution in [0.2, 0.25) is 0 Å². The standard InChI is InChI=1S/C23H19BrN4O3/c1-2-30-23(29)19-18-17(13-8-10-14(24)11-9-13)16(12-25)21(27)31-22(18)28(20(19)26)15-6-4-3-5-7-15/h3-11,16-17,27H,2,26H2,1H3. The van der Waals surface area contributed by atoms with E-state index in [0.29, 0.717) is 11.3 Å². The molecule has 3 aromatic rings. The molecule has 31 heavy (non-hydrogen) atoms. The average Bonchev–Trinajstić information content (AvgIpc) is 3.05. The molecule has 1 aromatic heterocycles. The van der Waals surface area contributed by atoms with Gasteiger partial charge in [0.05, 0.1) is 18.4 Å². The number of nitrogens with zero attached hydrogens (tertiary/aromatic N) is 2. The molecule has 1 aliphatic heterocycles. The molecule has 2 heterocycles. The highest BCUT2D eigenvalue weighted by molar-refractivity contribution is 9.10. The summed E-state index contributed by atoms with van der Waals surface area (Å²) in [4.78, 5) is 13.0. The number of hydrogen-bond acceptors (Lipinski definition) is 6. The third kappa shape index (κ3) is 3.47. The van der Waals surface area contributed by atoms with Gasteiger partial charge in [-0.1, -0.05) is 46.3 Å². The summed E-state index contributed by atoms with van der Waals surface area (Å²) in [7, 11) is 0. The average molecular weight is 479 g/mol. The van der Waals surface area contributed by atoms with E-state index in [1.165, 1.54) is 0 Å². The van der Waals surface area contributed by atoms with Crippen molar-refractivity contribution in [1.82, 2.24) is 4.57 Å². The molecular formula is C23H19BrN4O3. The maximum absolute atomic E-state index is 13.0. The van der Waals surface area contributed by atoms with E-state index < -0.39 is 17.8 Å². The monoisotopic (exact) mass is 478 g/mol. The summed E-state index contributed by atoms with van der Waals surface area (Å²) in [6.07, 6.45) is 0. The van der Waals surface area contributed by atoms with Crippen molar-refractivity contribution < 1.29 is 14.3 Å². The summed E-state index contributed by atoms with van der Waals surface area (Å²) in [5, 5.41) is 18.3. The molecule has 0 aliphatic carbocycles. The molecule has 8 heteroatoms. The Morgan fingerprint density at radius 1 is 1.26 bits per heavy atom. The maximum atomic E-state index is 13.0. The van der Waals surface area contributed by atoms with Crippen molar-refractivity contribution in [3.63, 3.8) is 0 Å². The minimum absolute atomic E-state index is 0.142. The Hall–Kier alpha value is -3.57. The van der Waals surface area contributed by atoms with E-state index in [1.807, 2.05) is 54.6 Å². The molecule has 3 N–H and O–H groups in total. The largest absolute Gasteiger partial charge is 0.462 e. The fourth-order valence-electron chi connectivity index (χ4n) is 3.87. The van der Waals surface area contributed by atoms with Crippen molar-refractivity contribution in [1.29, 1.82) is 10.7 Å². The van der Waals surface area contributed by atoms with Gasteiger partial charge < -0.3 is 15.2 Å². The summed E-state index contributed by atoms with van der Waals surface area (Å²) in [5.74, 6) is -1.96. The van der Waals surface area contributed by atoms with Gasteiger partial charge in [0.15, 0.2) is 0 Å². The normalized spacial score (nSPS) is 17.4. The van der Waals surface area contributed by atoms with Gasteiger partial charge in [0, 0.05) is 16.0 Å². The van der Waals surface area contributed by atoms with Gasteiger partial charge in [0.1, 0.15) is 17.3 Å². The van der Waals surface area contributed by atoms with Gasteiger partial charge in [-0.15, -0.1) is 0 Å². The molecule has 0 amide bonds. The van der Waals surface area contributed by atoms with Crippen molar-refractivity contribution in [3.05, 3.63) is 75.8 Å². The smallest absolute Gasteiger partial charge is 0.342 e. The zero-order valence-electron chi connectivity index (χ0n) is 16.6. The number of aromatic nitrogens is 1. The van der Waals surface area contributed by atoms with Crippen LogP contribution in [-0.2, 0) is 4.74 Å². The van der Waals surface area contributed by atoms with Crippen molar-refractivity contribution in [3.8, 4) is 17.6 Å². The lowest BCUT2D eigenvalue weighted by Gasteiger charge is -2.29. The molecule has 7 nitrogen and oxygen atoms in total. The van der Waals surface area contributed by atoms with E-state index in [9.17, 15) is 10.1 Å². The molecule has 0 spiro atoms. The first-order valence-corrected chi connectivity index (χ1v) is 10.4. The van der Waals surface area contributed by atoms with E-state index in [2.05, 4.69) is 22.0 Å². The van der Waals surface area contributed by atoms with Crippen LogP contribution in [0.15, 0.2) is 59.1 Å². The van der Waals surface area contributed by atoms with Gasteiger partial charge in [-0.3, -0.25) is 9.98 Å². The van der Waals surface area contributed by atoms with E-state index >= 15 is 0 Å². The van der Waals surface area contributed by atoms with E-state index in [4.69, 9.17) is 20.6 Å². The number of hydrogen-bond donors (Lipinski definition) is 2. The molecule has 0 saturated heterocycles. The van der Waals surface area contributed by atoms with Crippen molar-refractivity contribution >= 4 is 33.6 Å². The van der Waals surface area contributed by atoms with E-state index in [-0.39, 0.29) is 29.8 Å². The second-order valence-electron chi connectivity index (χ2n) is 6.97. The SMILES string of the molecule is CCOC(=O)c1c2c(n(-c3ccccc3)c1N)OC(=N)C(C#N)C2c1ccc(Br)cc1. The van der Waals surface area contributed by atoms with Gasteiger partial charge >= 0.3 is 5.97 Å². The van der Waals surface area contributed by atoms with Crippen molar-refractivity contribution in [2.24, 2.45) is 5.92 Å². The number of nitrogens with one attached hydrogen (secondary N) is 1. The Morgan fingerprint density at radius 3 is 2.55 bits per heavy atom. The first-order valence-electron chi connectivity index (χ1n) is 9.65. The maximum Gasteiger partial charge on any atom is 0.342 e. The minimum Gasteiger partial charge on any atom is -0.462 e. The summed E-state index contributed by atoms with van der Waals surface area (Å²) >= 11 is 3.42. The predicted molar refractivity (Wildman–Crippen MR) is 120 cm³/mol. The highest BCUT2D eigenvalue weighted by Crippen LogP contribution is 2.48. The van der Waals surface area contributed by atoms with Gasteiger partial charge in [-0.25, -0.2) is 4.79 Å². The van der Waals surface area contributed by atoms with E-state index in [0.717, 1.165) is 10.0 Å². The lowest BCUT2D eigenvalue weighted by molar-refractivity contribution is 0.0525. The molecule has 0 saturated carbocycles. The Bertz CT molecular complexity index is 1200. The summed E-state index contributed by atoms with van der Waals surface area (Å²) in [5.41, 5.74) is 8.50. The van der Waals surface area contributed by atoms with Gasteiger partial charge in [-0.05, 0) is 36.8 Å². The number of nitrogen functional groups attached to an aromatic ring is 1. The number of benzene rings is 2. The molecule has 2 aromatic carbocycles. The molecular weight excluding hydrogens is 460 g/mol. The van der Waals surface area contributed by atoms with Crippen LogP contribution in [0, 0.1) is 22.7 Å². The third-order valence-corrected chi connectivity index (χ3v) is 5.72. The molecule has 0 radical (unpaired) electrons. The number of fused-ring (bicyclic) bond motifs is 1. The second-order valence-corrected chi connectivity index (χ2v) is 7.89. The van der Waals surface area contributed by atoms with E-state index in [1.54, 1.807) is 11.5 Å². The fourth-order valence-corrected chi connectivity index (χ4v) is 4.14. The topological polar surface area (TPSA) is 114 Å². The zero-order chi connectivity index (χ0) is 22.1. The fraction of sp³-hybridized carbons (Fsp3) is 0.174. The van der Waals surface area contributed by atoms with Crippen LogP contribution >= 0.6 is 15.9 Å². The first kappa shape index (κ1) is 20.7. The predicted octanol–water partition coefficient (Wildman–Crippen LogP) is 4.64.